The lowest BCUT2D eigenvalue weighted by Gasteiger charge is -2.11. The highest BCUT2D eigenvalue weighted by atomic mass is 32.2. The Morgan fingerprint density at radius 1 is 1.00 bits per heavy atom. The van der Waals surface area contributed by atoms with Gasteiger partial charge in [0.25, 0.3) is 0 Å². The van der Waals surface area contributed by atoms with E-state index in [1.807, 2.05) is 0 Å². The molecule has 1 N–H and O–H groups in total. The van der Waals surface area contributed by atoms with E-state index in [0.717, 1.165) is 29.8 Å². The van der Waals surface area contributed by atoms with E-state index in [2.05, 4.69) is 19.4 Å². The zero-order chi connectivity index (χ0) is 20.2. The second-order valence-corrected chi connectivity index (χ2v) is 7.36. The van der Waals surface area contributed by atoms with Gasteiger partial charge < -0.3 is 4.74 Å². The van der Waals surface area contributed by atoms with Crippen LogP contribution in [0.25, 0.3) is 11.3 Å². The molecule has 0 aliphatic carbocycles. The van der Waals surface area contributed by atoms with Gasteiger partial charge >= 0.3 is 6.36 Å². The van der Waals surface area contributed by atoms with Crippen LogP contribution in [0, 0.1) is 0 Å². The molecule has 0 saturated heterocycles. The number of sulfonamides is 1. The lowest BCUT2D eigenvalue weighted by atomic mass is 10.1. The van der Waals surface area contributed by atoms with Crippen molar-refractivity contribution in [2.45, 2.75) is 17.8 Å². The molecule has 10 heteroatoms. The van der Waals surface area contributed by atoms with Crippen molar-refractivity contribution in [3.63, 3.8) is 0 Å². The van der Waals surface area contributed by atoms with Gasteiger partial charge in [0.15, 0.2) is 0 Å². The Bertz CT molecular complexity index is 1040. The maximum Gasteiger partial charge on any atom is 0.573 e. The first-order valence-electron chi connectivity index (χ1n) is 7.94. The van der Waals surface area contributed by atoms with Crippen molar-refractivity contribution in [2.75, 3.05) is 0 Å². The number of halogens is 3. The van der Waals surface area contributed by atoms with E-state index in [4.69, 9.17) is 0 Å². The SMILES string of the molecule is O=S(=O)(NCc1cccnc1-c1cccnc1)c1ccc(OC(F)(F)F)cc1. The van der Waals surface area contributed by atoms with Crippen LogP contribution in [-0.4, -0.2) is 24.7 Å². The van der Waals surface area contributed by atoms with Crippen molar-refractivity contribution in [2.24, 2.45) is 0 Å². The molecule has 0 spiro atoms. The Hall–Kier alpha value is -2.98. The summed E-state index contributed by atoms with van der Waals surface area (Å²) in [6.07, 6.45) is -0.0396. The van der Waals surface area contributed by atoms with Gasteiger partial charge in [0.2, 0.25) is 10.0 Å². The fourth-order valence-electron chi connectivity index (χ4n) is 2.42. The number of hydrogen-bond acceptors (Lipinski definition) is 5. The molecule has 0 radical (unpaired) electrons. The minimum absolute atomic E-state index is 0.0544. The van der Waals surface area contributed by atoms with Crippen LogP contribution in [0.5, 0.6) is 5.75 Å². The fraction of sp³-hybridized carbons (Fsp3) is 0.111. The molecule has 0 fully saturated rings. The zero-order valence-corrected chi connectivity index (χ0v) is 15.0. The Labute approximate surface area is 159 Å². The maximum atomic E-state index is 12.4. The lowest BCUT2D eigenvalue weighted by molar-refractivity contribution is -0.274. The van der Waals surface area contributed by atoms with E-state index >= 15 is 0 Å². The molecular formula is C18H14F3N3O3S. The van der Waals surface area contributed by atoms with Gasteiger partial charge in [-0.2, -0.15) is 0 Å². The third-order valence-corrected chi connectivity index (χ3v) is 5.06. The number of pyridine rings is 2. The second kappa shape index (κ2) is 7.95. The highest BCUT2D eigenvalue weighted by Crippen LogP contribution is 2.24. The number of rotatable bonds is 6. The van der Waals surface area contributed by atoms with E-state index in [1.165, 1.54) is 0 Å². The van der Waals surface area contributed by atoms with Gasteiger partial charge in [0, 0.05) is 30.7 Å². The highest BCUT2D eigenvalue weighted by Gasteiger charge is 2.31. The zero-order valence-electron chi connectivity index (χ0n) is 14.2. The predicted molar refractivity (Wildman–Crippen MR) is 94.6 cm³/mol. The number of nitrogens with zero attached hydrogens (tertiary/aromatic N) is 2. The van der Waals surface area contributed by atoms with Crippen LogP contribution in [-0.2, 0) is 16.6 Å². The van der Waals surface area contributed by atoms with Gasteiger partial charge in [0.1, 0.15) is 5.75 Å². The summed E-state index contributed by atoms with van der Waals surface area (Å²) >= 11 is 0. The number of benzene rings is 1. The van der Waals surface area contributed by atoms with Crippen molar-refractivity contribution in [1.82, 2.24) is 14.7 Å². The Balaban J connectivity index is 1.76. The highest BCUT2D eigenvalue weighted by molar-refractivity contribution is 7.89. The molecule has 0 atom stereocenters. The number of ether oxygens (including phenoxy) is 1. The van der Waals surface area contributed by atoms with E-state index in [1.54, 1.807) is 42.9 Å². The monoisotopic (exact) mass is 409 g/mol. The van der Waals surface area contributed by atoms with Crippen molar-refractivity contribution >= 4 is 10.0 Å². The van der Waals surface area contributed by atoms with Gasteiger partial charge in [-0.3, -0.25) is 9.97 Å². The number of hydrogen-bond donors (Lipinski definition) is 1. The predicted octanol–water partition coefficient (Wildman–Crippen LogP) is 3.52. The quantitative estimate of drug-likeness (QED) is 0.674. The average molecular weight is 409 g/mol. The number of alkyl halides is 3. The standard InChI is InChI=1S/C18H14F3N3O3S/c19-18(20,21)27-15-5-7-16(8-6-15)28(25,26)24-12-14-4-2-10-23-17(14)13-3-1-9-22-11-13/h1-11,24H,12H2. The molecule has 0 bridgehead atoms. The molecule has 2 aromatic heterocycles. The molecule has 0 aliphatic rings. The molecule has 28 heavy (non-hydrogen) atoms. The minimum atomic E-state index is -4.85. The van der Waals surface area contributed by atoms with Crippen molar-refractivity contribution in [3.8, 4) is 17.0 Å². The molecule has 0 saturated carbocycles. The molecule has 3 aromatic rings. The van der Waals surface area contributed by atoms with Crippen LogP contribution in [0.2, 0.25) is 0 Å². The summed E-state index contributed by atoms with van der Waals surface area (Å²) in [5.74, 6) is -0.502. The Kier molecular flexibility index (Phi) is 5.61. The fourth-order valence-corrected chi connectivity index (χ4v) is 3.43. The molecule has 1 aromatic carbocycles. The van der Waals surface area contributed by atoms with Gasteiger partial charge in [-0.15, -0.1) is 13.2 Å². The Morgan fingerprint density at radius 3 is 2.36 bits per heavy atom. The van der Waals surface area contributed by atoms with Crippen LogP contribution in [0.1, 0.15) is 5.56 Å². The number of nitrogens with one attached hydrogen (secondary N) is 1. The van der Waals surface area contributed by atoms with Crippen LogP contribution < -0.4 is 9.46 Å². The van der Waals surface area contributed by atoms with Crippen molar-refractivity contribution in [3.05, 3.63) is 72.7 Å². The molecule has 0 aliphatic heterocycles. The third-order valence-electron chi connectivity index (χ3n) is 3.65. The summed E-state index contributed by atoms with van der Waals surface area (Å²) in [5, 5.41) is 0. The molecule has 146 valence electrons. The molecular weight excluding hydrogens is 395 g/mol. The lowest BCUT2D eigenvalue weighted by Crippen LogP contribution is -2.23. The van der Waals surface area contributed by atoms with Gasteiger partial charge in [0.05, 0.1) is 10.6 Å². The van der Waals surface area contributed by atoms with Crippen molar-refractivity contribution in [1.29, 1.82) is 0 Å². The average Bonchev–Trinajstić information content (AvgIpc) is 2.66. The maximum absolute atomic E-state index is 12.4. The second-order valence-electron chi connectivity index (χ2n) is 5.60. The largest absolute Gasteiger partial charge is 0.573 e. The number of aromatic nitrogens is 2. The first-order valence-corrected chi connectivity index (χ1v) is 9.43. The molecule has 2 heterocycles. The molecule has 0 unspecified atom stereocenters. The van der Waals surface area contributed by atoms with E-state index < -0.39 is 22.1 Å². The summed E-state index contributed by atoms with van der Waals surface area (Å²) in [7, 11) is -3.95. The van der Waals surface area contributed by atoms with E-state index in [-0.39, 0.29) is 11.4 Å². The summed E-state index contributed by atoms with van der Waals surface area (Å²) in [6, 6.07) is 10.9. The van der Waals surface area contributed by atoms with Crippen LogP contribution in [0.3, 0.4) is 0 Å². The molecule has 3 rings (SSSR count). The first-order chi connectivity index (χ1) is 13.2. The first kappa shape index (κ1) is 19.8. The molecule has 6 nitrogen and oxygen atoms in total. The van der Waals surface area contributed by atoms with Crippen LogP contribution >= 0.6 is 0 Å². The van der Waals surface area contributed by atoms with Crippen LogP contribution in [0.15, 0.2) is 72.0 Å². The van der Waals surface area contributed by atoms with Gasteiger partial charge in [-0.05, 0) is 48.0 Å². The normalized spacial score (nSPS) is 12.0. The summed E-state index contributed by atoms with van der Waals surface area (Å²) in [4.78, 5) is 8.11. The van der Waals surface area contributed by atoms with Crippen molar-refractivity contribution < 1.29 is 26.3 Å². The Morgan fingerprint density at radius 2 is 1.71 bits per heavy atom. The minimum Gasteiger partial charge on any atom is -0.406 e. The van der Waals surface area contributed by atoms with Crippen LogP contribution in [0.4, 0.5) is 13.2 Å². The third kappa shape index (κ3) is 5.05. The van der Waals surface area contributed by atoms with Gasteiger partial charge in [-0.1, -0.05) is 6.07 Å². The van der Waals surface area contributed by atoms with E-state index in [0.29, 0.717) is 11.3 Å². The smallest absolute Gasteiger partial charge is 0.406 e. The van der Waals surface area contributed by atoms with Gasteiger partial charge in [-0.25, -0.2) is 13.1 Å². The van der Waals surface area contributed by atoms with E-state index in [9.17, 15) is 21.6 Å². The summed E-state index contributed by atoms with van der Waals surface area (Å²) < 4.78 is 67.6. The topological polar surface area (TPSA) is 81.2 Å². The summed E-state index contributed by atoms with van der Waals surface area (Å²) in [5.41, 5.74) is 1.93. The summed E-state index contributed by atoms with van der Waals surface area (Å²) in [6.45, 7) is -0.0544. The molecule has 0 amide bonds.